The summed E-state index contributed by atoms with van der Waals surface area (Å²) in [7, 11) is 0. The second-order valence-electron chi connectivity index (χ2n) is 6.10. The first-order valence-electron chi connectivity index (χ1n) is 8.80. The summed E-state index contributed by atoms with van der Waals surface area (Å²) in [6.45, 7) is 4.09. The fourth-order valence-electron chi connectivity index (χ4n) is 2.90. The van der Waals surface area contributed by atoms with Gasteiger partial charge in [0, 0.05) is 32.2 Å². The Labute approximate surface area is 160 Å². The minimum absolute atomic E-state index is 0.0771. The van der Waals surface area contributed by atoms with Crippen LogP contribution in [0.2, 0.25) is 0 Å². The van der Waals surface area contributed by atoms with Crippen LogP contribution in [0.5, 0.6) is 0 Å². The number of nitrogens with zero attached hydrogens (tertiary/aromatic N) is 4. The van der Waals surface area contributed by atoms with Crippen molar-refractivity contribution in [3.05, 3.63) is 42.2 Å². The number of piperazine rings is 1. The third kappa shape index (κ3) is 4.62. The van der Waals surface area contributed by atoms with Crippen molar-refractivity contribution in [2.45, 2.75) is 13.1 Å². The lowest BCUT2D eigenvalue weighted by molar-refractivity contribution is -0.136. The molecule has 0 aliphatic carbocycles. The molecule has 1 fully saturated rings. The number of carbonyl (C=O) groups excluding carboxylic acids is 1. The summed E-state index contributed by atoms with van der Waals surface area (Å²) in [5.41, 5.74) is -0.843. The van der Waals surface area contributed by atoms with E-state index in [4.69, 9.17) is 4.74 Å². The number of hydrogen-bond donors (Lipinski definition) is 1. The zero-order chi connectivity index (χ0) is 20.1. The van der Waals surface area contributed by atoms with Crippen LogP contribution in [0, 0.1) is 0 Å². The highest BCUT2D eigenvalue weighted by Gasteiger charge is 2.33. The van der Waals surface area contributed by atoms with Crippen LogP contribution in [0.3, 0.4) is 0 Å². The van der Waals surface area contributed by atoms with Crippen molar-refractivity contribution in [2.75, 3.05) is 43.0 Å². The average Bonchev–Trinajstić information content (AvgIpc) is 2.68. The Morgan fingerprint density at radius 2 is 1.89 bits per heavy atom. The molecule has 0 radical (unpaired) electrons. The Balaban J connectivity index is 1.70. The van der Waals surface area contributed by atoms with Gasteiger partial charge in [0.2, 0.25) is 0 Å². The Morgan fingerprint density at radius 3 is 2.57 bits per heavy atom. The smallest absolute Gasteiger partial charge is 0.418 e. The van der Waals surface area contributed by atoms with Crippen molar-refractivity contribution in [3.63, 3.8) is 0 Å². The van der Waals surface area contributed by atoms with Crippen LogP contribution >= 0.6 is 0 Å². The number of halogens is 3. The molecule has 1 aliphatic rings. The number of carbonyl (C=O) groups is 1. The van der Waals surface area contributed by atoms with Crippen LogP contribution in [-0.4, -0.2) is 53.7 Å². The number of rotatable bonds is 4. The van der Waals surface area contributed by atoms with Crippen molar-refractivity contribution >= 4 is 23.4 Å². The van der Waals surface area contributed by atoms with E-state index in [1.807, 2.05) is 4.90 Å². The molecule has 1 amide bonds. The summed E-state index contributed by atoms with van der Waals surface area (Å²) in [5.74, 6) is 0.833. The fraction of sp³-hybridized carbons (Fsp3) is 0.389. The van der Waals surface area contributed by atoms with Crippen LogP contribution in [0.25, 0.3) is 0 Å². The Hall–Kier alpha value is -3.04. The maximum absolute atomic E-state index is 13.2. The van der Waals surface area contributed by atoms with Gasteiger partial charge < -0.3 is 19.9 Å². The highest BCUT2D eigenvalue weighted by Crippen LogP contribution is 2.35. The van der Waals surface area contributed by atoms with E-state index in [2.05, 4.69) is 15.3 Å². The SMILES string of the molecule is CCOC(=O)N1CCN(c2cc(Nc3ccccc3C(F)(F)F)ncn2)CC1. The predicted octanol–water partition coefficient (Wildman–Crippen LogP) is 3.52. The zero-order valence-electron chi connectivity index (χ0n) is 15.2. The molecule has 1 aromatic heterocycles. The van der Waals surface area contributed by atoms with Crippen molar-refractivity contribution in [3.8, 4) is 0 Å². The van der Waals surface area contributed by atoms with Crippen LogP contribution in [0.1, 0.15) is 12.5 Å². The molecule has 2 aromatic rings. The first kappa shape index (κ1) is 19.7. The Morgan fingerprint density at radius 1 is 1.18 bits per heavy atom. The Kier molecular flexibility index (Phi) is 5.86. The molecule has 1 aliphatic heterocycles. The maximum atomic E-state index is 13.2. The number of aromatic nitrogens is 2. The number of benzene rings is 1. The lowest BCUT2D eigenvalue weighted by Gasteiger charge is -2.34. The van der Waals surface area contributed by atoms with Gasteiger partial charge in [-0.05, 0) is 19.1 Å². The minimum atomic E-state index is -4.47. The molecule has 2 heterocycles. The van der Waals surface area contributed by atoms with Gasteiger partial charge in [-0.25, -0.2) is 14.8 Å². The van der Waals surface area contributed by atoms with Gasteiger partial charge in [-0.3, -0.25) is 0 Å². The van der Waals surface area contributed by atoms with E-state index in [0.717, 1.165) is 6.07 Å². The third-order valence-corrected chi connectivity index (χ3v) is 4.28. The third-order valence-electron chi connectivity index (χ3n) is 4.28. The molecular formula is C18H20F3N5O2. The quantitative estimate of drug-likeness (QED) is 0.854. The van der Waals surface area contributed by atoms with Crippen molar-refractivity contribution < 1.29 is 22.7 Å². The molecule has 0 unspecified atom stereocenters. The van der Waals surface area contributed by atoms with E-state index in [0.29, 0.717) is 38.6 Å². The van der Waals surface area contributed by atoms with Gasteiger partial charge >= 0.3 is 12.3 Å². The number of ether oxygens (including phenoxy) is 1. The van der Waals surface area contributed by atoms with E-state index >= 15 is 0 Å². The molecule has 150 valence electrons. The fourth-order valence-corrected chi connectivity index (χ4v) is 2.90. The number of anilines is 3. The second kappa shape index (κ2) is 8.32. The normalized spacial score (nSPS) is 14.7. The van der Waals surface area contributed by atoms with E-state index in [9.17, 15) is 18.0 Å². The van der Waals surface area contributed by atoms with Crippen LogP contribution < -0.4 is 10.2 Å². The molecule has 0 spiro atoms. The topological polar surface area (TPSA) is 70.6 Å². The lowest BCUT2D eigenvalue weighted by Crippen LogP contribution is -2.49. The summed E-state index contributed by atoms with van der Waals surface area (Å²) in [5, 5.41) is 2.72. The first-order chi connectivity index (χ1) is 13.4. The first-order valence-corrected chi connectivity index (χ1v) is 8.80. The standard InChI is InChI=1S/C18H20F3N5O2/c1-2-28-17(27)26-9-7-25(8-10-26)16-11-15(22-12-23-16)24-14-6-4-3-5-13(14)18(19,20)21/h3-6,11-12H,2,7-10H2,1H3,(H,22,23,24). The second-order valence-corrected chi connectivity index (χ2v) is 6.10. The van der Waals surface area contributed by atoms with Gasteiger partial charge in [-0.2, -0.15) is 13.2 Å². The monoisotopic (exact) mass is 395 g/mol. The van der Waals surface area contributed by atoms with Crippen molar-refractivity contribution in [2.24, 2.45) is 0 Å². The molecule has 7 nitrogen and oxygen atoms in total. The summed E-state index contributed by atoms with van der Waals surface area (Å²) in [4.78, 5) is 23.5. The highest BCUT2D eigenvalue weighted by molar-refractivity contribution is 5.68. The summed E-state index contributed by atoms with van der Waals surface area (Å²) < 4.78 is 44.5. The Bertz CT molecular complexity index is 823. The molecule has 10 heteroatoms. The molecule has 3 rings (SSSR count). The van der Waals surface area contributed by atoms with Gasteiger partial charge in [0.25, 0.3) is 0 Å². The van der Waals surface area contributed by atoms with Crippen LogP contribution in [-0.2, 0) is 10.9 Å². The van der Waals surface area contributed by atoms with E-state index in [-0.39, 0.29) is 17.6 Å². The van der Waals surface area contributed by atoms with E-state index < -0.39 is 11.7 Å². The molecule has 0 bridgehead atoms. The van der Waals surface area contributed by atoms with Crippen molar-refractivity contribution in [1.82, 2.24) is 14.9 Å². The maximum Gasteiger partial charge on any atom is 0.418 e. The van der Waals surface area contributed by atoms with Gasteiger partial charge in [-0.15, -0.1) is 0 Å². The van der Waals surface area contributed by atoms with Gasteiger partial charge in [0.15, 0.2) is 0 Å². The zero-order valence-corrected chi connectivity index (χ0v) is 15.2. The van der Waals surface area contributed by atoms with Crippen molar-refractivity contribution in [1.29, 1.82) is 0 Å². The molecule has 28 heavy (non-hydrogen) atoms. The minimum Gasteiger partial charge on any atom is -0.450 e. The number of alkyl halides is 3. The van der Waals surface area contributed by atoms with Crippen LogP contribution in [0.15, 0.2) is 36.7 Å². The van der Waals surface area contributed by atoms with Gasteiger partial charge in [-0.1, -0.05) is 12.1 Å². The molecule has 1 aromatic carbocycles. The molecule has 1 N–H and O–H groups in total. The molecule has 0 saturated carbocycles. The summed E-state index contributed by atoms with van der Waals surface area (Å²) >= 11 is 0. The molecule has 0 atom stereocenters. The number of para-hydroxylation sites is 1. The summed E-state index contributed by atoms with van der Waals surface area (Å²) in [6, 6.07) is 6.81. The number of hydrogen-bond acceptors (Lipinski definition) is 6. The highest BCUT2D eigenvalue weighted by atomic mass is 19.4. The number of amides is 1. The average molecular weight is 395 g/mol. The molecular weight excluding hydrogens is 375 g/mol. The van der Waals surface area contributed by atoms with Crippen LogP contribution in [0.4, 0.5) is 35.3 Å². The van der Waals surface area contributed by atoms with Gasteiger partial charge in [0.05, 0.1) is 17.9 Å². The largest absolute Gasteiger partial charge is 0.450 e. The predicted molar refractivity (Wildman–Crippen MR) is 97.6 cm³/mol. The number of nitrogens with one attached hydrogen (secondary N) is 1. The molecule has 1 saturated heterocycles. The lowest BCUT2D eigenvalue weighted by atomic mass is 10.1. The van der Waals surface area contributed by atoms with Gasteiger partial charge in [0.1, 0.15) is 18.0 Å². The summed E-state index contributed by atoms with van der Waals surface area (Å²) in [6.07, 6.45) is -3.52. The van der Waals surface area contributed by atoms with E-state index in [1.54, 1.807) is 17.9 Å². The van der Waals surface area contributed by atoms with E-state index in [1.165, 1.54) is 24.5 Å².